The van der Waals surface area contributed by atoms with Gasteiger partial charge in [-0.3, -0.25) is 4.21 Å². The van der Waals surface area contributed by atoms with E-state index in [2.05, 4.69) is 10.1 Å². The quantitative estimate of drug-likeness (QED) is 0.345. The Kier molecular flexibility index (Phi) is 3.63. The van der Waals surface area contributed by atoms with Crippen molar-refractivity contribution in [1.29, 1.82) is 0 Å². The van der Waals surface area contributed by atoms with Gasteiger partial charge in [-0.15, -0.1) is 0 Å². The molecule has 1 aromatic rings. The summed E-state index contributed by atoms with van der Waals surface area (Å²) < 4.78 is 11.3. The van der Waals surface area contributed by atoms with Crippen molar-refractivity contribution in [2.24, 2.45) is 10.9 Å². The van der Waals surface area contributed by atoms with Gasteiger partial charge in [-0.05, 0) is 12.1 Å². The molecule has 0 aromatic heterocycles. The zero-order valence-corrected chi connectivity index (χ0v) is 10.2. The molecule has 2 rings (SSSR count). The SMILES string of the molecule is N/C(=N/O)c1ccccc1N1CCS(=O)CC1. The first kappa shape index (κ1) is 11.9. The van der Waals surface area contributed by atoms with Crippen molar-refractivity contribution in [3.05, 3.63) is 29.8 Å². The van der Waals surface area contributed by atoms with Crippen molar-refractivity contribution in [3.8, 4) is 0 Å². The molecule has 17 heavy (non-hydrogen) atoms. The molecule has 0 saturated carbocycles. The summed E-state index contributed by atoms with van der Waals surface area (Å²) in [7, 11) is -0.706. The molecule has 5 nitrogen and oxygen atoms in total. The second kappa shape index (κ2) is 5.18. The number of benzene rings is 1. The van der Waals surface area contributed by atoms with Crippen molar-refractivity contribution in [1.82, 2.24) is 0 Å². The van der Waals surface area contributed by atoms with E-state index in [-0.39, 0.29) is 5.84 Å². The van der Waals surface area contributed by atoms with Crippen LogP contribution in [0, 0.1) is 0 Å². The summed E-state index contributed by atoms with van der Waals surface area (Å²) in [6.45, 7) is 1.48. The highest BCUT2D eigenvalue weighted by molar-refractivity contribution is 7.85. The highest BCUT2D eigenvalue weighted by Crippen LogP contribution is 2.21. The fourth-order valence-electron chi connectivity index (χ4n) is 1.90. The van der Waals surface area contributed by atoms with Crippen LogP contribution in [0.2, 0.25) is 0 Å². The average Bonchev–Trinajstić information content (AvgIpc) is 2.39. The zero-order chi connectivity index (χ0) is 12.3. The number of oxime groups is 1. The summed E-state index contributed by atoms with van der Waals surface area (Å²) in [6, 6.07) is 7.51. The first-order chi connectivity index (χ1) is 8.22. The molecule has 92 valence electrons. The number of para-hydroxylation sites is 1. The summed E-state index contributed by atoms with van der Waals surface area (Å²) in [5, 5.41) is 11.8. The molecule has 1 aliphatic rings. The molecule has 1 fully saturated rings. The zero-order valence-electron chi connectivity index (χ0n) is 9.37. The van der Waals surface area contributed by atoms with Gasteiger partial charge >= 0.3 is 0 Å². The molecule has 1 aromatic carbocycles. The number of hydrogen-bond acceptors (Lipinski definition) is 4. The number of amidine groups is 1. The minimum absolute atomic E-state index is 0.104. The summed E-state index contributed by atoms with van der Waals surface area (Å²) in [6.07, 6.45) is 0. The maximum atomic E-state index is 11.3. The molecule has 0 amide bonds. The fourth-order valence-corrected chi connectivity index (χ4v) is 2.95. The fraction of sp³-hybridized carbons (Fsp3) is 0.364. The van der Waals surface area contributed by atoms with Gasteiger partial charge in [0.15, 0.2) is 5.84 Å². The predicted molar refractivity (Wildman–Crippen MR) is 69.0 cm³/mol. The Bertz CT molecular complexity index is 452. The number of nitrogens with zero attached hydrogens (tertiary/aromatic N) is 2. The van der Waals surface area contributed by atoms with Gasteiger partial charge in [-0.1, -0.05) is 17.3 Å². The van der Waals surface area contributed by atoms with Crippen LogP contribution in [-0.2, 0) is 10.8 Å². The van der Waals surface area contributed by atoms with Crippen LogP contribution in [0.3, 0.4) is 0 Å². The lowest BCUT2D eigenvalue weighted by Crippen LogP contribution is -2.38. The Morgan fingerprint density at radius 3 is 2.65 bits per heavy atom. The van der Waals surface area contributed by atoms with Crippen LogP contribution < -0.4 is 10.6 Å². The molecular weight excluding hydrogens is 238 g/mol. The number of hydrogen-bond donors (Lipinski definition) is 2. The lowest BCUT2D eigenvalue weighted by Gasteiger charge is -2.29. The Balaban J connectivity index is 2.29. The van der Waals surface area contributed by atoms with E-state index >= 15 is 0 Å². The largest absolute Gasteiger partial charge is 0.409 e. The van der Waals surface area contributed by atoms with E-state index in [0.29, 0.717) is 17.1 Å². The minimum Gasteiger partial charge on any atom is -0.409 e. The molecule has 0 spiro atoms. The standard InChI is InChI=1S/C11H15N3O2S/c12-11(13-15)9-3-1-2-4-10(9)14-5-7-17(16)8-6-14/h1-4,15H,5-8H2,(H2,12,13). The molecule has 3 N–H and O–H groups in total. The maximum Gasteiger partial charge on any atom is 0.172 e. The van der Waals surface area contributed by atoms with Crippen LogP contribution in [0.4, 0.5) is 5.69 Å². The second-order valence-electron chi connectivity index (χ2n) is 3.84. The molecule has 0 radical (unpaired) electrons. The van der Waals surface area contributed by atoms with Crippen molar-refractivity contribution >= 4 is 22.3 Å². The van der Waals surface area contributed by atoms with Gasteiger partial charge in [0.05, 0.1) is 0 Å². The van der Waals surface area contributed by atoms with Crippen molar-refractivity contribution in [3.63, 3.8) is 0 Å². The Hall–Kier alpha value is -1.56. The van der Waals surface area contributed by atoms with Crippen LogP contribution >= 0.6 is 0 Å². The minimum atomic E-state index is -0.706. The van der Waals surface area contributed by atoms with Gasteiger partial charge in [-0.2, -0.15) is 0 Å². The molecule has 0 unspecified atom stereocenters. The van der Waals surface area contributed by atoms with E-state index in [0.717, 1.165) is 18.8 Å². The van der Waals surface area contributed by atoms with E-state index in [4.69, 9.17) is 10.9 Å². The van der Waals surface area contributed by atoms with Crippen molar-refractivity contribution < 1.29 is 9.42 Å². The van der Waals surface area contributed by atoms with Gasteiger partial charge in [0.2, 0.25) is 0 Å². The highest BCUT2D eigenvalue weighted by atomic mass is 32.2. The molecule has 1 heterocycles. The molecule has 0 bridgehead atoms. The van der Waals surface area contributed by atoms with Crippen LogP contribution in [0.15, 0.2) is 29.4 Å². The molecule has 1 aliphatic heterocycles. The summed E-state index contributed by atoms with van der Waals surface area (Å²) in [5.41, 5.74) is 7.28. The first-order valence-electron chi connectivity index (χ1n) is 5.39. The topological polar surface area (TPSA) is 78.9 Å². The van der Waals surface area contributed by atoms with Gasteiger partial charge in [-0.25, -0.2) is 0 Å². The average molecular weight is 253 g/mol. The molecule has 6 heteroatoms. The number of anilines is 1. The monoisotopic (exact) mass is 253 g/mol. The van der Waals surface area contributed by atoms with Crippen LogP contribution in [-0.4, -0.2) is 39.8 Å². The maximum absolute atomic E-state index is 11.3. The van der Waals surface area contributed by atoms with Crippen LogP contribution in [0.1, 0.15) is 5.56 Å². The van der Waals surface area contributed by atoms with E-state index in [1.54, 1.807) is 0 Å². The summed E-state index contributed by atoms with van der Waals surface area (Å²) in [4.78, 5) is 2.12. The van der Waals surface area contributed by atoms with Crippen molar-refractivity contribution in [2.45, 2.75) is 0 Å². The lowest BCUT2D eigenvalue weighted by atomic mass is 10.1. The van der Waals surface area contributed by atoms with Gasteiger partial charge in [0, 0.05) is 46.6 Å². The second-order valence-corrected chi connectivity index (χ2v) is 5.53. The summed E-state index contributed by atoms with van der Waals surface area (Å²) >= 11 is 0. The van der Waals surface area contributed by atoms with E-state index in [1.165, 1.54) is 0 Å². The van der Waals surface area contributed by atoms with Gasteiger partial charge in [0.25, 0.3) is 0 Å². The molecule has 0 aliphatic carbocycles. The summed E-state index contributed by atoms with van der Waals surface area (Å²) in [5.74, 6) is 1.45. The van der Waals surface area contributed by atoms with E-state index in [1.807, 2.05) is 24.3 Å². The highest BCUT2D eigenvalue weighted by Gasteiger charge is 2.18. The Morgan fingerprint density at radius 2 is 2.00 bits per heavy atom. The van der Waals surface area contributed by atoms with E-state index in [9.17, 15) is 4.21 Å². The first-order valence-corrected chi connectivity index (χ1v) is 6.88. The third kappa shape index (κ3) is 2.58. The van der Waals surface area contributed by atoms with Crippen LogP contribution in [0.5, 0.6) is 0 Å². The smallest absolute Gasteiger partial charge is 0.172 e. The normalized spacial score (nSPS) is 18.4. The van der Waals surface area contributed by atoms with Gasteiger partial charge in [0.1, 0.15) is 0 Å². The Labute approximate surface area is 102 Å². The van der Waals surface area contributed by atoms with E-state index < -0.39 is 10.8 Å². The van der Waals surface area contributed by atoms with Crippen molar-refractivity contribution in [2.75, 3.05) is 29.5 Å². The lowest BCUT2D eigenvalue weighted by molar-refractivity contribution is 0.318. The molecule has 0 atom stereocenters. The molecular formula is C11H15N3O2S. The molecule has 1 saturated heterocycles. The predicted octanol–water partition coefficient (Wildman–Crippen LogP) is 0.350. The number of nitrogens with two attached hydrogens (primary N) is 1. The Morgan fingerprint density at radius 1 is 1.35 bits per heavy atom. The van der Waals surface area contributed by atoms with Crippen LogP contribution in [0.25, 0.3) is 0 Å². The third-order valence-corrected chi connectivity index (χ3v) is 4.08. The third-order valence-electron chi connectivity index (χ3n) is 2.81. The number of rotatable bonds is 2. The van der Waals surface area contributed by atoms with Gasteiger partial charge < -0.3 is 15.8 Å².